The maximum absolute atomic E-state index is 15.0. The van der Waals surface area contributed by atoms with E-state index in [9.17, 15) is 17.2 Å². The van der Waals surface area contributed by atoms with Crippen molar-refractivity contribution in [1.29, 1.82) is 0 Å². The Labute approximate surface area is 197 Å². The predicted molar refractivity (Wildman–Crippen MR) is 124 cm³/mol. The molecule has 6 nitrogen and oxygen atoms in total. The maximum Gasteiger partial charge on any atom is 0.213 e. The predicted octanol–water partition coefficient (Wildman–Crippen LogP) is 4.63. The van der Waals surface area contributed by atoms with Crippen LogP contribution >= 0.6 is 0 Å². The third kappa shape index (κ3) is 5.92. The second-order valence-electron chi connectivity index (χ2n) is 8.37. The number of halogens is 3. The molecule has 10 heteroatoms. The average Bonchev–Trinajstić information content (AvgIpc) is 2.75. The van der Waals surface area contributed by atoms with Crippen LogP contribution in [0.25, 0.3) is 0 Å². The quantitative estimate of drug-likeness (QED) is 0.439. The monoisotopic (exact) mass is 492 g/mol. The summed E-state index contributed by atoms with van der Waals surface area (Å²) in [5.41, 5.74) is 1.43. The van der Waals surface area contributed by atoms with Crippen LogP contribution in [0.4, 0.5) is 18.9 Å². The van der Waals surface area contributed by atoms with Gasteiger partial charge in [0.1, 0.15) is 5.82 Å². The minimum Gasteiger partial charge on any atom is -0.379 e. The van der Waals surface area contributed by atoms with Crippen LogP contribution in [-0.2, 0) is 28.7 Å². The van der Waals surface area contributed by atoms with Crippen LogP contribution in [0.3, 0.4) is 0 Å². The average molecular weight is 493 g/mol. The van der Waals surface area contributed by atoms with Gasteiger partial charge in [0.2, 0.25) is 15.8 Å². The van der Waals surface area contributed by atoms with E-state index in [-0.39, 0.29) is 29.5 Å². The van der Waals surface area contributed by atoms with Crippen molar-refractivity contribution in [3.05, 3.63) is 82.6 Å². The van der Waals surface area contributed by atoms with Crippen molar-refractivity contribution >= 4 is 15.5 Å². The molecule has 0 aliphatic carbocycles. The van der Waals surface area contributed by atoms with Gasteiger partial charge in [-0.15, -0.1) is 0 Å². The summed E-state index contributed by atoms with van der Waals surface area (Å²) in [5.74, 6) is -2.93. The molecule has 0 aliphatic rings. The first-order chi connectivity index (χ1) is 16.0. The third-order valence-electron chi connectivity index (χ3n) is 5.61. The highest BCUT2D eigenvalue weighted by Gasteiger charge is 2.25. The molecule has 0 amide bonds. The second kappa shape index (κ2) is 10.5. The molecule has 0 fully saturated rings. The zero-order valence-corrected chi connectivity index (χ0v) is 20.3. The summed E-state index contributed by atoms with van der Waals surface area (Å²) in [6.07, 6.45) is 1.20. The van der Waals surface area contributed by atoms with E-state index in [1.165, 1.54) is 31.3 Å². The molecule has 0 saturated heterocycles. The highest BCUT2D eigenvalue weighted by Crippen LogP contribution is 2.26. The van der Waals surface area contributed by atoms with E-state index in [1.54, 1.807) is 6.07 Å². The molecule has 0 bridgehead atoms. The Balaban J connectivity index is 1.83. The fourth-order valence-corrected chi connectivity index (χ4v) is 4.65. The molecule has 3 rings (SSSR count). The minimum absolute atomic E-state index is 0.0259. The fraction of sp³-hybridized carbons (Fsp3) is 0.333. The van der Waals surface area contributed by atoms with Gasteiger partial charge in [0.15, 0.2) is 10.8 Å². The van der Waals surface area contributed by atoms with Gasteiger partial charge in [-0.25, -0.2) is 27.2 Å². The molecular weight excluding hydrogens is 465 g/mol. The number of hydrogen-bond donors (Lipinski definition) is 1. The van der Waals surface area contributed by atoms with Gasteiger partial charge in [-0.2, -0.15) is 4.39 Å². The molecule has 34 heavy (non-hydrogen) atoms. The summed E-state index contributed by atoms with van der Waals surface area (Å²) in [5, 5.41) is 2.23. The first-order valence-corrected chi connectivity index (χ1v) is 12.3. The number of pyridine rings is 2. The highest BCUT2D eigenvalue weighted by molar-refractivity contribution is 7.90. The Kier molecular flexibility index (Phi) is 7.93. The van der Waals surface area contributed by atoms with Crippen molar-refractivity contribution in [2.45, 2.75) is 50.7 Å². The highest BCUT2D eigenvalue weighted by atomic mass is 32.2. The van der Waals surface area contributed by atoms with E-state index in [0.29, 0.717) is 12.1 Å². The van der Waals surface area contributed by atoms with Crippen molar-refractivity contribution < 1.29 is 21.6 Å². The standard InChI is InChI=1S/C24H27F3N4O2S/c1-15(2)31(4)13-17-7-5-9-20(25)19(17)11-28-21-12-29-24(23(27)16(21)3)34(32,33)14-18-8-6-10-22(26)30-18/h5-10,12,15,28H,11,13-14H2,1-4H3. The topological polar surface area (TPSA) is 75.2 Å². The van der Waals surface area contributed by atoms with Gasteiger partial charge in [0.05, 0.1) is 23.3 Å². The molecule has 2 heterocycles. The zero-order chi connectivity index (χ0) is 25.0. The van der Waals surface area contributed by atoms with Gasteiger partial charge < -0.3 is 5.32 Å². The Morgan fingerprint density at radius 2 is 1.79 bits per heavy atom. The van der Waals surface area contributed by atoms with Crippen molar-refractivity contribution in [2.75, 3.05) is 12.4 Å². The largest absolute Gasteiger partial charge is 0.379 e. The van der Waals surface area contributed by atoms with Gasteiger partial charge in [-0.1, -0.05) is 18.2 Å². The number of sulfone groups is 1. The van der Waals surface area contributed by atoms with E-state index in [2.05, 4.69) is 20.2 Å². The number of benzene rings is 1. The third-order valence-corrected chi connectivity index (χ3v) is 7.16. The van der Waals surface area contributed by atoms with Crippen molar-refractivity contribution in [2.24, 2.45) is 0 Å². The molecule has 0 aliphatic heterocycles. The summed E-state index contributed by atoms with van der Waals surface area (Å²) in [7, 11) is -2.27. The molecule has 1 aromatic carbocycles. The van der Waals surface area contributed by atoms with E-state index in [4.69, 9.17) is 0 Å². The van der Waals surface area contributed by atoms with Gasteiger partial charge in [-0.3, -0.25) is 4.90 Å². The first kappa shape index (κ1) is 25.6. The van der Waals surface area contributed by atoms with Gasteiger partial charge >= 0.3 is 0 Å². The van der Waals surface area contributed by atoms with Gasteiger partial charge in [0.25, 0.3) is 0 Å². The number of hydrogen-bond acceptors (Lipinski definition) is 6. The summed E-state index contributed by atoms with van der Waals surface area (Å²) < 4.78 is 68.3. The molecule has 1 N–H and O–H groups in total. The smallest absolute Gasteiger partial charge is 0.213 e. The molecule has 3 aromatic rings. The number of aromatic nitrogens is 2. The number of rotatable bonds is 9. The van der Waals surface area contributed by atoms with E-state index < -0.39 is 38.2 Å². The lowest BCUT2D eigenvalue weighted by atomic mass is 10.1. The molecule has 0 radical (unpaired) electrons. The molecule has 182 valence electrons. The number of anilines is 1. The van der Waals surface area contributed by atoms with Crippen LogP contribution in [-0.4, -0.2) is 36.4 Å². The second-order valence-corrected chi connectivity index (χ2v) is 10.3. The molecule has 0 atom stereocenters. The van der Waals surface area contributed by atoms with E-state index >= 15 is 4.39 Å². The Morgan fingerprint density at radius 1 is 1.09 bits per heavy atom. The fourth-order valence-electron chi connectivity index (χ4n) is 3.33. The molecular formula is C24H27F3N4O2S. The van der Waals surface area contributed by atoms with Crippen LogP contribution in [0.15, 0.2) is 47.6 Å². The molecule has 2 aromatic heterocycles. The maximum atomic E-state index is 15.0. The molecule has 0 saturated carbocycles. The Bertz CT molecular complexity index is 1280. The lowest BCUT2D eigenvalue weighted by molar-refractivity contribution is 0.264. The van der Waals surface area contributed by atoms with Crippen molar-refractivity contribution in [3.63, 3.8) is 0 Å². The summed E-state index contributed by atoms with van der Waals surface area (Å²) in [6.45, 7) is 6.08. The van der Waals surface area contributed by atoms with E-state index in [0.717, 1.165) is 11.6 Å². The van der Waals surface area contributed by atoms with Crippen LogP contribution in [0, 0.1) is 24.5 Å². The Morgan fingerprint density at radius 3 is 2.47 bits per heavy atom. The Hall–Kier alpha value is -2.98. The SMILES string of the molecule is Cc1c(NCc2c(F)cccc2CN(C)C(C)C)cnc(S(=O)(=O)Cc2cccc(F)n2)c1F. The number of nitrogens with one attached hydrogen (secondary N) is 1. The minimum atomic E-state index is -4.21. The normalized spacial score (nSPS) is 11.9. The zero-order valence-electron chi connectivity index (χ0n) is 19.4. The van der Waals surface area contributed by atoms with Gasteiger partial charge in [-0.05, 0) is 51.6 Å². The van der Waals surface area contributed by atoms with Crippen molar-refractivity contribution in [3.8, 4) is 0 Å². The summed E-state index contributed by atoms with van der Waals surface area (Å²) >= 11 is 0. The number of nitrogens with zero attached hydrogens (tertiary/aromatic N) is 3. The summed E-state index contributed by atoms with van der Waals surface area (Å²) in [6, 6.07) is 8.85. The summed E-state index contributed by atoms with van der Waals surface area (Å²) in [4.78, 5) is 9.39. The van der Waals surface area contributed by atoms with E-state index in [1.807, 2.05) is 27.0 Å². The van der Waals surface area contributed by atoms with Crippen LogP contribution in [0.2, 0.25) is 0 Å². The van der Waals surface area contributed by atoms with Crippen molar-refractivity contribution in [1.82, 2.24) is 14.9 Å². The lowest BCUT2D eigenvalue weighted by Crippen LogP contribution is -2.26. The lowest BCUT2D eigenvalue weighted by Gasteiger charge is -2.23. The van der Waals surface area contributed by atoms with Crippen LogP contribution in [0.1, 0.15) is 36.2 Å². The first-order valence-electron chi connectivity index (χ1n) is 10.7. The van der Waals surface area contributed by atoms with Crippen LogP contribution in [0.5, 0.6) is 0 Å². The molecule has 0 unspecified atom stereocenters. The van der Waals surface area contributed by atoms with Gasteiger partial charge in [0, 0.05) is 30.3 Å². The molecule has 0 spiro atoms. The van der Waals surface area contributed by atoms with Crippen LogP contribution < -0.4 is 5.32 Å².